The number of nitrogens with zero attached hydrogens (tertiary/aromatic N) is 2. The van der Waals surface area contributed by atoms with Crippen molar-refractivity contribution in [1.29, 1.82) is 0 Å². The van der Waals surface area contributed by atoms with Crippen molar-refractivity contribution in [3.63, 3.8) is 0 Å². The number of hydrogen-bond donors (Lipinski definition) is 2. The van der Waals surface area contributed by atoms with Crippen molar-refractivity contribution in [3.8, 4) is 11.5 Å². The smallest absolute Gasteiger partial charge is 0.256 e. The summed E-state index contributed by atoms with van der Waals surface area (Å²) in [6.45, 7) is 1.52. The van der Waals surface area contributed by atoms with Crippen LogP contribution in [0.3, 0.4) is 0 Å². The summed E-state index contributed by atoms with van der Waals surface area (Å²) in [5, 5.41) is 17.8. The molecule has 1 aromatic carbocycles. The highest BCUT2D eigenvalue weighted by molar-refractivity contribution is 5.86. The zero-order valence-corrected chi connectivity index (χ0v) is 15.6. The molecule has 27 heavy (non-hydrogen) atoms. The van der Waals surface area contributed by atoms with Gasteiger partial charge in [-0.25, -0.2) is 0 Å². The van der Waals surface area contributed by atoms with Gasteiger partial charge in [0.25, 0.3) is 5.91 Å². The lowest BCUT2D eigenvalue weighted by atomic mass is 9.91. The Morgan fingerprint density at radius 2 is 2.19 bits per heavy atom. The quantitative estimate of drug-likeness (QED) is 0.718. The normalized spacial score (nSPS) is 20.0. The number of hydrogen-bond acceptors (Lipinski definition) is 7. The number of rotatable bonds is 8. The molecule has 1 aliphatic heterocycles. The maximum atomic E-state index is 12.9. The van der Waals surface area contributed by atoms with Gasteiger partial charge in [0.05, 0.1) is 19.9 Å². The van der Waals surface area contributed by atoms with Gasteiger partial charge < -0.3 is 29.3 Å². The van der Waals surface area contributed by atoms with Crippen molar-refractivity contribution in [2.24, 2.45) is 0 Å². The van der Waals surface area contributed by atoms with E-state index in [0.29, 0.717) is 37.6 Å². The van der Waals surface area contributed by atoms with Gasteiger partial charge in [-0.2, -0.15) is 0 Å². The number of benzene rings is 1. The molecule has 1 saturated heterocycles. The van der Waals surface area contributed by atoms with E-state index >= 15 is 0 Å². The molecule has 0 aliphatic carbocycles. The Bertz CT molecular complexity index is 765. The fourth-order valence-electron chi connectivity index (χ4n) is 3.39. The molecule has 0 unspecified atom stereocenters. The zero-order chi connectivity index (χ0) is 19.3. The molecule has 1 aliphatic rings. The molecule has 1 aromatic heterocycles. The predicted octanol–water partition coefficient (Wildman–Crippen LogP) is 1.34. The molecule has 0 bridgehead atoms. The minimum atomic E-state index is -1.44. The first-order valence-corrected chi connectivity index (χ1v) is 8.89. The van der Waals surface area contributed by atoms with Crippen molar-refractivity contribution in [3.05, 3.63) is 41.8 Å². The molecule has 8 nitrogen and oxygen atoms in total. The summed E-state index contributed by atoms with van der Waals surface area (Å²) < 4.78 is 15.5. The van der Waals surface area contributed by atoms with Gasteiger partial charge in [-0.05, 0) is 18.9 Å². The molecule has 2 aromatic rings. The van der Waals surface area contributed by atoms with E-state index < -0.39 is 5.60 Å². The highest BCUT2D eigenvalue weighted by Gasteiger charge is 2.42. The van der Waals surface area contributed by atoms with Crippen LogP contribution in [0.25, 0.3) is 0 Å². The molecule has 2 heterocycles. The average Bonchev–Trinajstić information content (AvgIpc) is 3.19. The van der Waals surface area contributed by atoms with Crippen LogP contribution in [0.5, 0.6) is 11.5 Å². The second-order valence-corrected chi connectivity index (χ2v) is 6.61. The van der Waals surface area contributed by atoms with Gasteiger partial charge in [-0.1, -0.05) is 17.3 Å². The van der Waals surface area contributed by atoms with E-state index in [-0.39, 0.29) is 12.5 Å². The van der Waals surface area contributed by atoms with Gasteiger partial charge >= 0.3 is 0 Å². The number of ether oxygens (including phenoxy) is 2. The number of likely N-dealkylation sites (tertiary alicyclic amines) is 1. The molecule has 0 spiro atoms. The van der Waals surface area contributed by atoms with Crippen molar-refractivity contribution in [2.75, 3.05) is 27.3 Å². The van der Waals surface area contributed by atoms with E-state index in [2.05, 4.69) is 10.5 Å². The predicted molar refractivity (Wildman–Crippen MR) is 97.4 cm³/mol. The van der Waals surface area contributed by atoms with E-state index in [4.69, 9.17) is 14.0 Å². The van der Waals surface area contributed by atoms with Gasteiger partial charge in [-0.3, -0.25) is 4.79 Å². The molecule has 146 valence electrons. The topological polar surface area (TPSA) is 97.1 Å². The van der Waals surface area contributed by atoms with E-state index in [1.165, 1.54) is 6.26 Å². The van der Waals surface area contributed by atoms with Gasteiger partial charge in [0.1, 0.15) is 6.26 Å². The molecule has 1 amide bonds. The lowest BCUT2D eigenvalue weighted by Crippen LogP contribution is -2.57. The number of aliphatic hydroxyl groups is 1. The number of piperidine rings is 1. The monoisotopic (exact) mass is 375 g/mol. The standard InChI is InChI=1S/C19H25N3O5/c1-25-16-6-3-5-14(17(16)26-2)12-22-9-4-8-19(24,18(22)23)13-20-11-15-7-10-27-21-15/h3,5-7,10,20,24H,4,8-9,11-13H2,1-2H3/t19-/m0/s1. The fourth-order valence-corrected chi connectivity index (χ4v) is 3.39. The molecular formula is C19H25N3O5. The summed E-state index contributed by atoms with van der Waals surface area (Å²) in [6, 6.07) is 7.30. The maximum Gasteiger partial charge on any atom is 0.256 e. The number of carbonyl (C=O) groups is 1. The lowest BCUT2D eigenvalue weighted by Gasteiger charge is -2.38. The first kappa shape index (κ1) is 19.2. The van der Waals surface area contributed by atoms with Crippen LogP contribution >= 0.6 is 0 Å². The summed E-state index contributed by atoms with van der Waals surface area (Å²) >= 11 is 0. The largest absolute Gasteiger partial charge is 0.493 e. The van der Waals surface area contributed by atoms with Crippen LogP contribution in [0.4, 0.5) is 0 Å². The second kappa shape index (κ2) is 8.41. The van der Waals surface area contributed by atoms with E-state index in [1.54, 1.807) is 25.2 Å². The number of aromatic nitrogens is 1. The van der Waals surface area contributed by atoms with Crippen LogP contribution in [0.15, 0.2) is 35.1 Å². The Morgan fingerprint density at radius 1 is 1.33 bits per heavy atom. The Hall–Kier alpha value is -2.58. The van der Waals surface area contributed by atoms with Crippen molar-refractivity contribution in [2.45, 2.75) is 31.5 Å². The van der Waals surface area contributed by atoms with E-state index in [9.17, 15) is 9.90 Å². The number of nitrogens with one attached hydrogen (secondary N) is 1. The highest BCUT2D eigenvalue weighted by Crippen LogP contribution is 2.33. The SMILES string of the molecule is COc1cccc(CN2CCC[C@](O)(CNCc3ccon3)C2=O)c1OC. The lowest BCUT2D eigenvalue weighted by molar-refractivity contribution is -0.157. The minimum Gasteiger partial charge on any atom is -0.493 e. The van der Waals surface area contributed by atoms with Crippen LogP contribution in [-0.4, -0.2) is 54.0 Å². The average molecular weight is 375 g/mol. The van der Waals surface area contributed by atoms with Gasteiger partial charge in [-0.15, -0.1) is 0 Å². The molecule has 8 heteroatoms. The Kier molecular flexibility index (Phi) is 5.98. The first-order chi connectivity index (χ1) is 13.1. The van der Waals surface area contributed by atoms with Gasteiger partial charge in [0.2, 0.25) is 0 Å². The van der Waals surface area contributed by atoms with E-state index in [0.717, 1.165) is 17.7 Å². The van der Waals surface area contributed by atoms with Gasteiger partial charge in [0.15, 0.2) is 17.1 Å². The Labute approximate surface area is 158 Å². The number of carbonyl (C=O) groups excluding carboxylic acids is 1. The summed E-state index contributed by atoms with van der Waals surface area (Å²) in [4.78, 5) is 14.6. The minimum absolute atomic E-state index is 0.157. The summed E-state index contributed by atoms with van der Waals surface area (Å²) in [6.07, 6.45) is 2.63. The third-order valence-corrected chi connectivity index (χ3v) is 4.76. The molecular weight excluding hydrogens is 350 g/mol. The number of amides is 1. The van der Waals surface area contributed by atoms with Gasteiger partial charge in [0, 0.05) is 37.8 Å². The Balaban J connectivity index is 1.67. The number of para-hydroxylation sites is 1. The molecule has 2 N–H and O–H groups in total. The van der Waals surface area contributed by atoms with Crippen molar-refractivity contribution < 1.29 is 23.9 Å². The summed E-state index contributed by atoms with van der Waals surface area (Å²) in [5.41, 5.74) is 0.124. The maximum absolute atomic E-state index is 12.9. The van der Waals surface area contributed by atoms with Crippen LogP contribution in [0.2, 0.25) is 0 Å². The summed E-state index contributed by atoms with van der Waals surface area (Å²) in [7, 11) is 3.15. The third kappa shape index (κ3) is 4.23. The molecule has 0 radical (unpaired) electrons. The highest BCUT2D eigenvalue weighted by atomic mass is 16.5. The third-order valence-electron chi connectivity index (χ3n) is 4.76. The van der Waals surface area contributed by atoms with Crippen molar-refractivity contribution >= 4 is 5.91 Å². The van der Waals surface area contributed by atoms with Crippen LogP contribution in [0.1, 0.15) is 24.1 Å². The molecule has 3 rings (SSSR count). The molecule has 1 fully saturated rings. The van der Waals surface area contributed by atoms with Crippen LogP contribution in [-0.2, 0) is 17.9 Å². The molecule has 0 saturated carbocycles. The molecule has 1 atom stereocenters. The van der Waals surface area contributed by atoms with Crippen LogP contribution in [0, 0.1) is 0 Å². The van der Waals surface area contributed by atoms with Crippen molar-refractivity contribution in [1.82, 2.24) is 15.4 Å². The first-order valence-electron chi connectivity index (χ1n) is 8.89. The number of methoxy groups -OCH3 is 2. The zero-order valence-electron chi connectivity index (χ0n) is 15.6. The van der Waals surface area contributed by atoms with Crippen LogP contribution < -0.4 is 14.8 Å². The fraction of sp³-hybridized carbons (Fsp3) is 0.474. The second-order valence-electron chi connectivity index (χ2n) is 6.61. The summed E-state index contributed by atoms with van der Waals surface area (Å²) in [5.74, 6) is 0.932. The Morgan fingerprint density at radius 3 is 2.89 bits per heavy atom. The van der Waals surface area contributed by atoms with E-state index in [1.807, 2.05) is 18.2 Å².